The third kappa shape index (κ3) is 5.93. The zero-order chi connectivity index (χ0) is 23.3. The Morgan fingerprint density at radius 2 is 1.97 bits per heavy atom. The van der Waals surface area contributed by atoms with Gasteiger partial charge >= 0.3 is 13.1 Å². The Morgan fingerprint density at radius 3 is 2.45 bits per heavy atom. The third-order valence-electron chi connectivity index (χ3n) is 6.11. The first-order valence-corrected chi connectivity index (χ1v) is 10.6. The minimum atomic E-state index is -1.39. The van der Waals surface area contributed by atoms with E-state index in [1.54, 1.807) is 13.0 Å². The lowest BCUT2D eigenvalue weighted by Gasteiger charge is -2.41. The number of carbonyl (C=O) groups is 1. The Balaban J connectivity index is 2.13. The zero-order valence-electron chi connectivity index (χ0n) is 18.4. The standard InChI is InChI=1S/C22H33BFN3O4/c1-14(2)19-18(16(4)24)13-15(3)20(26-19)27-11-7-17(8-12-27)22(25,21(28)29)9-5-6-10-23(30)31/h13,17,30-31H,1,4-12,25H2,2-3H3,(H,28,29). The summed E-state index contributed by atoms with van der Waals surface area (Å²) in [4.78, 5) is 18.7. The lowest BCUT2D eigenvalue weighted by molar-refractivity contribution is -0.146. The number of anilines is 1. The minimum Gasteiger partial charge on any atom is -0.480 e. The lowest BCUT2D eigenvalue weighted by atomic mass is 9.74. The molecule has 0 saturated carbocycles. The molecule has 2 rings (SSSR count). The van der Waals surface area contributed by atoms with E-state index < -0.39 is 24.5 Å². The molecule has 0 aromatic carbocycles. The molecule has 31 heavy (non-hydrogen) atoms. The number of nitrogens with two attached hydrogens (primary N) is 1. The van der Waals surface area contributed by atoms with Gasteiger partial charge in [-0.05, 0) is 62.6 Å². The van der Waals surface area contributed by atoms with Gasteiger partial charge in [0, 0.05) is 18.7 Å². The zero-order valence-corrected chi connectivity index (χ0v) is 18.4. The summed E-state index contributed by atoms with van der Waals surface area (Å²) in [5, 5.41) is 27.7. The van der Waals surface area contributed by atoms with E-state index in [9.17, 15) is 14.3 Å². The summed E-state index contributed by atoms with van der Waals surface area (Å²) in [7, 11) is -1.39. The number of carboxylic acid groups (broad SMARTS) is 1. The molecule has 0 spiro atoms. The van der Waals surface area contributed by atoms with Crippen molar-refractivity contribution in [3.8, 4) is 0 Å². The van der Waals surface area contributed by atoms with Gasteiger partial charge in [0.15, 0.2) is 0 Å². The van der Waals surface area contributed by atoms with E-state index in [0.717, 1.165) is 11.4 Å². The number of rotatable bonds is 10. The fraction of sp³-hybridized carbons (Fsp3) is 0.545. The van der Waals surface area contributed by atoms with Crippen molar-refractivity contribution in [2.75, 3.05) is 18.0 Å². The van der Waals surface area contributed by atoms with Gasteiger partial charge in [-0.1, -0.05) is 26.0 Å². The highest BCUT2D eigenvalue weighted by molar-refractivity contribution is 6.40. The normalized spacial score (nSPS) is 16.6. The van der Waals surface area contributed by atoms with E-state index in [1.165, 1.54) is 0 Å². The molecule has 0 radical (unpaired) electrons. The Bertz CT molecular complexity index is 840. The number of carboxylic acids is 1. The number of hydrogen-bond acceptors (Lipinski definition) is 6. The highest BCUT2D eigenvalue weighted by Crippen LogP contribution is 2.35. The van der Waals surface area contributed by atoms with Gasteiger partial charge in [0.25, 0.3) is 0 Å². The van der Waals surface area contributed by atoms with Crippen molar-refractivity contribution in [2.45, 2.75) is 57.8 Å². The predicted molar refractivity (Wildman–Crippen MR) is 122 cm³/mol. The summed E-state index contributed by atoms with van der Waals surface area (Å²) in [6.07, 6.45) is 2.67. The first-order valence-electron chi connectivity index (χ1n) is 10.6. The molecule has 7 nitrogen and oxygen atoms in total. The van der Waals surface area contributed by atoms with Crippen molar-refractivity contribution in [2.24, 2.45) is 11.7 Å². The number of aliphatic carboxylic acids is 1. The van der Waals surface area contributed by atoms with Crippen LogP contribution in [0.25, 0.3) is 11.4 Å². The third-order valence-corrected chi connectivity index (χ3v) is 6.11. The Morgan fingerprint density at radius 1 is 1.35 bits per heavy atom. The van der Waals surface area contributed by atoms with E-state index in [1.807, 2.05) is 6.92 Å². The summed E-state index contributed by atoms with van der Waals surface area (Å²) >= 11 is 0. The average Bonchev–Trinajstić information content (AvgIpc) is 2.70. The molecule has 5 N–H and O–H groups in total. The van der Waals surface area contributed by atoms with Crippen LogP contribution < -0.4 is 10.6 Å². The molecule has 1 aliphatic rings. The van der Waals surface area contributed by atoms with Crippen LogP contribution in [0.4, 0.5) is 10.2 Å². The molecule has 170 valence electrons. The number of unbranched alkanes of at least 4 members (excludes halogenated alkanes) is 1. The maximum Gasteiger partial charge on any atom is 0.451 e. The molecule has 0 amide bonds. The highest BCUT2D eigenvalue weighted by Gasteiger charge is 2.43. The van der Waals surface area contributed by atoms with Crippen LogP contribution in [0.1, 0.15) is 55.8 Å². The average molecular weight is 433 g/mol. The molecule has 1 aromatic rings. The van der Waals surface area contributed by atoms with Crippen LogP contribution in [-0.2, 0) is 4.79 Å². The number of pyridine rings is 1. The number of nitrogens with zero attached hydrogens (tertiary/aromatic N) is 2. The second kappa shape index (κ2) is 10.4. The molecule has 1 saturated heterocycles. The number of halogens is 1. The highest BCUT2D eigenvalue weighted by atomic mass is 19.1. The van der Waals surface area contributed by atoms with Gasteiger partial charge < -0.3 is 25.8 Å². The molecule has 1 aromatic heterocycles. The maximum absolute atomic E-state index is 13.9. The summed E-state index contributed by atoms with van der Waals surface area (Å²) < 4.78 is 13.9. The van der Waals surface area contributed by atoms with Crippen molar-refractivity contribution in [3.05, 3.63) is 36.0 Å². The van der Waals surface area contributed by atoms with Gasteiger partial charge in [-0.25, -0.2) is 9.37 Å². The van der Waals surface area contributed by atoms with Crippen molar-refractivity contribution in [1.82, 2.24) is 4.98 Å². The summed E-state index contributed by atoms with van der Waals surface area (Å²) in [6.45, 7) is 12.1. The van der Waals surface area contributed by atoms with Crippen LogP contribution in [-0.4, -0.2) is 51.9 Å². The monoisotopic (exact) mass is 433 g/mol. The van der Waals surface area contributed by atoms with E-state index in [0.29, 0.717) is 55.6 Å². The number of hydrogen-bond donors (Lipinski definition) is 4. The van der Waals surface area contributed by atoms with Crippen molar-refractivity contribution < 1.29 is 24.3 Å². The van der Waals surface area contributed by atoms with Gasteiger partial charge in [0.05, 0.1) is 5.69 Å². The molecule has 0 bridgehead atoms. The Hall–Kier alpha value is -2.23. The molecule has 1 unspecified atom stereocenters. The van der Waals surface area contributed by atoms with Crippen LogP contribution >= 0.6 is 0 Å². The van der Waals surface area contributed by atoms with Gasteiger partial charge in [-0.2, -0.15) is 0 Å². The second-order valence-corrected chi connectivity index (χ2v) is 8.54. The van der Waals surface area contributed by atoms with Gasteiger partial charge in [-0.15, -0.1) is 0 Å². The van der Waals surface area contributed by atoms with E-state index in [-0.39, 0.29) is 18.7 Å². The number of aryl methyl sites for hydroxylation is 1. The molecule has 1 atom stereocenters. The molecular formula is C22H33BFN3O4. The number of allylic oxidation sites excluding steroid dienone is 1. The maximum atomic E-state index is 13.9. The van der Waals surface area contributed by atoms with E-state index in [2.05, 4.69) is 23.0 Å². The Kier molecular flexibility index (Phi) is 8.39. The SMILES string of the molecule is C=C(F)c1cc(C)c(N2CCC(C(N)(CCCCB(O)O)C(=O)O)CC2)nc1C(=C)C. The van der Waals surface area contributed by atoms with E-state index >= 15 is 0 Å². The van der Waals surface area contributed by atoms with Crippen molar-refractivity contribution >= 4 is 30.3 Å². The van der Waals surface area contributed by atoms with Crippen molar-refractivity contribution in [1.29, 1.82) is 0 Å². The first kappa shape index (κ1) is 25.0. The fourth-order valence-corrected chi connectivity index (χ4v) is 4.29. The van der Waals surface area contributed by atoms with E-state index in [4.69, 9.17) is 15.8 Å². The van der Waals surface area contributed by atoms with Gasteiger partial charge in [0.1, 0.15) is 17.2 Å². The van der Waals surface area contributed by atoms with Crippen LogP contribution in [0.3, 0.4) is 0 Å². The molecule has 1 aliphatic heterocycles. The fourth-order valence-electron chi connectivity index (χ4n) is 4.29. The Labute approximate surface area is 183 Å². The van der Waals surface area contributed by atoms with Crippen LogP contribution in [0.2, 0.25) is 6.32 Å². The lowest BCUT2D eigenvalue weighted by Crippen LogP contribution is -2.57. The smallest absolute Gasteiger partial charge is 0.451 e. The summed E-state index contributed by atoms with van der Waals surface area (Å²) in [6, 6.07) is 1.72. The van der Waals surface area contributed by atoms with Crippen LogP contribution in [0.15, 0.2) is 19.2 Å². The minimum absolute atomic E-state index is 0.200. The van der Waals surface area contributed by atoms with Crippen LogP contribution in [0, 0.1) is 12.8 Å². The van der Waals surface area contributed by atoms with Gasteiger partial charge in [0.2, 0.25) is 0 Å². The predicted octanol–water partition coefficient (Wildman–Crippen LogP) is 3.00. The van der Waals surface area contributed by atoms with Crippen LogP contribution in [0.5, 0.6) is 0 Å². The second-order valence-electron chi connectivity index (χ2n) is 8.54. The topological polar surface area (TPSA) is 120 Å². The van der Waals surface area contributed by atoms with Crippen molar-refractivity contribution in [3.63, 3.8) is 0 Å². The largest absolute Gasteiger partial charge is 0.480 e. The molecule has 9 heteroatoms. The molecular weight excluding hydrogens is 400 g/mol. The summed E-state index contributed by atoms with van der Waals surface area (Å²) in [5.74, 6) is -1.05. The first-order chi connectivity index (χ1) is 14.5. The molecule has 1 fully saturated rings. The summed E-state index contributed by atoms with van der Waals surface area (Å²) in [5.41, 5.74) is 7.26. The number of piperidine rings is 1. The molecule has 0 aliphatic carbocycles. The number of aromatic nitrogens is 1. The molecule has 2 heterocycles. The van der Waals surface area contributed by atoms with Gasteiger partial charge in [-0.3, -0.25) is 4.79 Å². The quantitative estimate of drug-likeness (QED) is 0.331.